The Morgan fingerprint density at radius 1 is 1.00 bits per heavy atom. The summed E-state index contributed by atoms with van der Waals surface area (Å²) < 4.78 is 3.35. The number of anilines is 1. The zero-order chi connectivity index (χ0) is 15.0. The first-order valence-electron chi connectivity index (χ1n) is 7.30. The molecular formula is C16H21BrN4. The fraction of sp³-hybridized carbons (Fsp3) is 0.438. The van der Waals surface area contributed by atoms with Crippen molar-refractivity contribution >= 4 is 21.6 Å². The third kappa shape index (κ3) is 2.72. The predicted octanol–water partition coefficient (Wildman–Crippen LogP) is 3.00. The molecule has 1 aliphatic rings. The molecule has 0 N–H and O–H groups in total. The molecule has 1 aliphatic heterocycles. The van der Waals surface area contributed by atoms with E-state index in [1.165, 1.54) is 17.1 Å². The second-order valence-corrected chi connectivity index (χ2v) is 6.59. The predicted molar refractivity (Wildman–Crippen MR) is 90.4 cm³/mol. The number of hydrogen-bond acceptors (Lipinski definition) is 3. The van der Waals surface area contributed by atoms with Crippen LogP contribution >= 0.6 is 15.9 Å². The minimum Gasteiger partial charge on any atom is -0.366 e. The Balaban J connectivity index is 2.08. The maximum absolute atomic E-state index is 4.39. The van der Waals surface area contributed by atoms with Gasteiger partial charge in [-0.3, -0.25) is 4.98 Å². The van der Waals surface area contributed by atoms with Crippen LogP contribution in [0.1, 0.15) is 11.4 Å². The number of rotatable bonds is 2. The number of likely N-dealkylation sites (N-methyl/N-ethyl adjacent to an activating group) is 1. The first-order chi connectivity index (χ1) is 10.1. The molecule has 21 heavy (non-hydrogen) atoms. The van der Waals surface area contributed by atoms with Gasteiger partial charge in [0.2, 0.25) is 0 Å². The van der Waals surface area contributed by atoms with Crippen LogP contribution in [0.15, 0.2) is 29.0 Å². The second kappa shape index (κ2) is 5.81. The minimum atomic E-state index is 1.05. The molecule has 0 bridgehead atoms. The average molecular weight is 349 g/mol. The van der Waals surface area contributed by atoms with Crippen molar-refractivity contribution in [3.8, 4) is 5.69 Å². The van der Waals surface area contributed by atoms with Crippen LogP contribution in [0.5, 0.6) is 0 Å². The van der Waals surface area contributed by atoms with E-state index in [9.17, 15) is 0 Å². The lowest BCUT2D eigenvalue weighted by atomic mass is 10.2. The molecule has 0 spiro atoms. The molecule has 2 aromatic heterocycles. The van der Waals surface area contributed by atoms with E-state index < -0.39 is 0 Å². The fourth-order valence-electron chi connectivity index (χ4n) is 2.97. The topological polar surface area (TPSA) is 24.3 Å². The standard InChI is InChI=1S/C16H21BrN4/c1-12-4-5-13(2)21(12)15-11-18-10-14(17)16(15)20-8-6-19(3)7-9-20/h4-5,10-11H,6-9H2,1-3H3. The second-order valence-electron chi connectivity index (χ2n) is 5.73. The maximum atomic E-state index is 4.39. The average Bonchev–Trinajstić information content (AvgIpc) is 2.79. The Hall–Kier alpha value is -1.33. The van der Waals surface area contributed by atoms with Gasteiger partial charge in [0.05, 0.1) is 22.0 Å². The number of pyridine rings is 1. The highest BCUT2D eigenvalue weighted by molar-refractivity contribution is 9.10. The van der Waals surface area contributed by atoms with E-state index in [0.717, 1.165) is 36.3 Å². The van der Waals surface area contributed by atoms with Gasteiger partial charge in [-0.15, -0.1) is 0 Å². The van der Waals surface area contributed by atoms with Gasteiger partial charge in [-0.1, -0.05) is 0 Å². The summed E-state index contributed by atoms with van der Waals surface area (Å²) >= 11 is 3.70. The molecule has 0 atom stereocenters. The zero-order valence-corrected chi connectivity index (χ0v) is 14.4. The Labute approximate surface area is 134 Å². The van der Waals surface area contributed by atoms with Gasteiger partial charge in [0, 0.05) is 43.8 Å². The van der Waals surface area contributed by atoms with Crippen molar-refractivity contribution in [1.82, 2.24) is 14.5 Å². The van der Waals surface area contributed by atoms with Crippen molar-refractivity contribution < 1.29 is 0 Å². The van der Waals surface area contributed by atoms with Gasteiger partial charge in [0.25, 0.3) is 0 Å². The number of aryl methyl sites for hydroxylation is 2. The van der Waals surface area contributed by atoms with E-state index in [1.54, 1.807) is 0 Å². The summed E-state index contributed by atoms with van der Waals surface area (Å²) in [7, 11) is 2.18. The van der Waals surface area contributed by atoms with E-state index >= 15 is 0 Å². The third-order valence-corrected chi connectivity index (χ3v) is 4.77. The smallest absolute Gasteiger partial charge is 0.0887 e. The summed E-state index contributed by atoms with van der Waals surface area (Å²) in [5, 5.41) is 0. The Morgan fingerprint density at radius 3 is 2.24 bits per heavy atom. The lowest BCUT2D eigenvalue weighted by molar-refractivity contribution is 0.312. The van der Waals surface area contributed by atoms with Crippen LogP contribution in [0, 0.1) is 13.8 Å². The third-order valence-electron chi connectivity index (χ3n) is 4.19. The normalized spacial score (nSPS) is 16.5. The molecule has 1 saturated heterocycles. The number of aromatic nitrogens is 2. The molecule has 0 radical (unpaired) electrons. The van der Waals surface area contributed by atoms with Crippen LogP contribution < -0.4 is 4.90 Å². The molecule has 112 valence electrons. The lowest BCUT2D eigenvalue weighted by Gasteiger charge is -2.35. The van der Waals surface area contributed by atoms with Crippen LogP contribution in [0.4, 0.5) is 5.69 Å². The van der Waals surface area contributed by atoms with Crippen molar-refractivity contribution in [2.75, 3.05) is 38.1 Å². The molecule has 0 amide bonds. The molecule has 3 rings (SSSR count). The Morgan fingerprint density at radius 2 is 1.62 bits per heavy atom. The zero-order valence-electron chi connectivity index (χ0n) is 12.8. The van der Waals surface area contributed by atoms with Crippen molar-refractivity contribution in [2.45, 2.75) is 13.8 Å². The lowest BCUT2D eigenvalue weighted by Crippen LogP contribution is -2.45. The van der Waals surface area contributed by atoms with Gasteiger partial charge in [-0.25, -0.2) is 0 Å². The molecule has 3 heterocycles. The molecule has 0 saturated carbocycles. The highest BCUT2D eigenvalue weighted by Crippen LogP contribution is 2.34. The van der Waals surface area contributed by atoms with Crippen molar-refractivity contribution in [2.24, 2.45) is 0 Å². The molecule has 0 aromatic carbocycles. The molecule has 5 heteroatoms. The van der Waals surface area contributed by atoms with Crippen LogP contribution in [0.2, 0.25) is 0 Å². The van der Waals surface area contributed by atoms with Crippen LogP contribution in [0.3, 0.4) is 0 Å². The first kappa shape index (κ1) is 14.6. The van der Waals surface area contributed by atoms with E-state index in [4.69, 9.17) is 0 Å². The number of hydrogen-bond donors (Lipinski definition) is 0. The van der Waals surface area contributed by atoms with E-state index in [-0.39, 0.29) is 0 Å². The van der Waals surface area contributed by atoms with Gasteiger partial charge >= 0.3 is 0 Å². The highest BCUT2D eigenvalue weighted by atomic mass is 79.9. The molecule has 0 unspecified atom stereocenters. The summed E-state index contributed by atoms with van der Waals surface area (Å²) in [4.78, 5) is 9.22. The van der Waals surface area contributed by atoms with Gasteiger partial charge in [0.15, 0.2) is 0 Å². The SMILES string of the molecule is Cc1ccc(C)n1-c1cncc(Br)c1N1CCN(C)CC1. The van der Waals surface area contributed by atoms with Gasteiger partial charge in [0.1, 0.15) is 0 Å². The summed E-state index contributed by atoms with van der Waals surface area (Å²) in [6.07, 6.45) is 3.86. The van der Waals surface area contributed by atoms with Crippen molar-refractivity contribution in [3.63, 3.8) is 0 Å². The van der Waals surface area contributed by atoms with Crippen LogP contribution in [-0.4, -0.2) is 47.7 Å². The van der Waals surface area contributed by atoms with Crippen LogP contribution in [-0.2, 0) is 0 Å². The molecule has 4 nitrogen and oxygen atoms in total. The Bertz CT molecular complexity index is 622. The highest BCUT2D eigenvalue weighted by Gasteiger charge is 2.21. The number of piperazine rings is 1. The first-order valence-corrected chi connectivity index (χ1v) is 8.09. The van der Waals surface area contributed by atoms with Gasteiger partial charge in [-0.2, -0.15) is 0 Å². The number of nitrogens with zero attached hydrogens (tertiary/aromatic N) is 4. The summed E-state index contributed by atoms with van der Waals surface area (Å²) in [6.45, 7) is 8.57. The van der Waals surface area contributed by atoms with E-state index in [0.29, 0.717) is 0 Å². The summed E-state index contributed by atoms with van der Waals surface area (Å²) in [5.74, 6) is 0. The molecule has 1 fully saturated rings. The minimum absolute atomic E-state index is 1.05. The molecule has 0 aliphatic carbocycles. The molecular weight excluding hydrogens is 328 g/mol. The Kier molecular flexibility index (Phi) is 4.04. The maximum Gasteiger partial charge on any atom is 0.0887 e. The van der Waals surface area contributed by atoms with Crippen molar-refractivity contribution in [3.05, 3.63) is 40.4 Å². The van der Waals surface area contributed by atoms with Gasteiger partial charge < -0.3 is 14.4 Å². The van der Waals surface area contributed by atoms with E-state index in [1.807, 2.05) is 12.4 Å². The number of halogens is 1. The summed E-state index contributed by atoms with van der Waals surface area (Å²) in [6, 6.07) is 4.31. The summed E-state index contributed by atoms with van der Waals surface area (Å²) in [5.41, 5.74) is 4.89. The van der Waals surface area contributed by atoms with E-state index in [2.05, 4.69) is 68.3 Å². The monoisotopic (exact) mass is 348 g/mol. The van der Waals surface area contributed by atoms with Gasteiger partial charge in [-0.05, 0) is 49.0 Å². The fourth-order valence-corrected chi connectivity index (χ4v) is 3.55. The van der Waals surface area contributed by atoms with Crippen LogP contribution in [0.25, 0.3) is 5.69 Å². The largest absolute Gasteiger partial charge is 0.366 e. The molecule has 2 aromatic rings. The quantitative estimate of drug-likeness (QED) is 0.833. The van der Waals surface area contributed by atoms with Crippen molar-refractivity contribution in [1.29, 1.82) is 0 Å².